The van der Waals surface area contributed by atoms with E-state index in [1.807, 2.05) is 0 Å². The van der Waals surface area contributed by atoms with E-state index in [4.69, 9.17) is 0 Å². The normalized spacial score (nSPS) is 12.7. The summed E-state index contributed by atoms with van der Waals surface area (Å²) in [5.74, 6) is 0. The van der Waals surface area contributed by atoms with E-state index in [0.717, 1.165) is 0 Å². The van der Waals surface area contributed by atoms with Gasteiger partial charge in [-0.3, -0.25) is 0 Å². The minimum Gasteiger partial charge on any atom is -0.0722 e. The molecule has 0 radical (unpaired) electrons. The fourth-order valence-corrected chi connectivity index (χ4v) is 6.50. The SMILES string of the molecule is CCCC/C(=C\c1ccccc1)C[Si](CC)(CC)CC. The summed E-state index contributed by atoms with van der Waals surface area (Å²) >= 11 is 0. The first-order chi connectivity index (χ1) is 9.69. The van der Waals surface area contributed by atoms with Crippen LogP contribution in [0.3, 0.4) is 0 Å². The second-order valence-corrected chi connectivity index (χ2v) is 11.5. The number of hydrogen-bond donors (Lipinski definition) is 0. The van der Waals surface area contributed by atoms with Gasteiger partial charge < -0.3 is 0 Å². The van der Waals surface area contributed by atoms with Crippen molar-refractivity contribution in [2.24, 2.45) is 0 Å². The van der Waals surface area contributed by atoms with Crippen molar-refractivity contribution in [3.8, 4) is 0 Å². The zero-order chi connectivity index (χ0) is 14.8. The lowest BCUT2D eigenvalue weighted by atomic mass is 10.1. The molecule has 0 aliphatic rings. The average Bonchev–Trinajstić information content (AvgIpc) is 2.51. The van der Waals surface area contributed by atoms with Gasteiger partial charge in [-0.05, 0) is 24.4 Å². The Hall–Kier alpha value is -0.823. The third-order valence-electron chi connectivity index (χ3n) is 4.87. The number of rotatable bonds is 9. The first-order valence-corrected chi connectivity index (χ1v) is 11.3. The highest BCUT2D eigenvalue weighted by Gasteiger charge is 2.27. The van der Waals surface area contributed by atoms with E-state index in [-0.39, 0.29) is 0 Å². The number of unbranched alkanes of at least 4 members (excludes halogenated alkanes) is 1. The predicted molar refractivity (Wildman–Crippen MR) is 95.9 cm³/mol. The van der Waals surface area contributed by atoms with Gasteiger partial charge in [-0.2, -0.15) is 0 Å². The Morgan fingerprint density at radius 1 is 0.950 bits per heavy atom. The van der Waals surface area contributed by atoms with Gasteiger partial charge in [0.2, 0.25) is 0 Å². The van der Waals surface area contributed by atoms with E-state index in [1.165, 1.54) is 49.0 Å². The minimum absolute atomic E-state index is 1.05. The molecule has 0 heterocycles. The van der Waals surface area contributed by atoms with Gasteiger partial charge in [-0.1, -0.05) is 94.2 Å². The maximum atomic E-state index is 2.47. The molecule has 0 aromatic heterocycles. The van der Waals surface area contributed by atoms with Crippen LogP contribution >= 0.6 is 0 Å². The standard InChI is InChI=1S/C19H32Si/c1-5-9-13-19(16-18-14-11-10-12-15-18)17-20(6-2,7-3)8-4/h10-12,14-16H,5-9,13,17H2,1-4H3/b19-16+. The van der Waals surface area contributed by atoms with Crippen LogP contribution in [0, 0.1) is 0 Å². The molecule has 20 heavy (non-hydrogen) atoms. The van der Waals surface area contributed by atoms with Crippen molar-refractivity contribution >= 4 is 14.1 Å². The molecule has 1 aromatic rings. The zero-order valence-electron chi connectivity index (χ0n) is 13.9. The van der Waals surface area contributed by atoms with Crippen molar-refractivity contribution in [1.82, 2.24) is 0 Å². The fraction of sp³-hybridized carbons (Fsp3) is 0.579. The molecule has 0 N–H and O–H groups in total. The molecular formula is C19H32Si. The molecule has 1 rings (SSSR count). The molecule has 1 aromatic carbocycles. The molecule has 0 atom stereocenters. The van der Waals surface area contributed by atoms with Crippen LogP contribution < -0.4 is 0 Å². The highest BCUT2D eigenvalue weighted by molar-refractivity contribution is 6.80. The summed E-state index contributed by atoms with van der Waals surface area (Å²) in [6, 6.07) is 16.6. The molecule has 0 amide bonds. The summed E-state index contributed by atoms with van der Waals surface area (Å²) in [5.41, 5.74) is 3.08. The molecule has 0 nitrogen and oxygen atoms in total. The van der Waals surface area contributed by atoms with Gasteiger partial charge >= 0.3 is 0 Å². The maximum absolute atomic E-state index is 2.47. The monoisotopic (exact) mass is 288 g/mol. The Labute approximate surface area is 127 Å². The van der Waals surface area contributed by atoms with E-state index in [9.17, 15) is 0 Å². The van der Waals surface area contributed by atoms with Crippen molar-refractivity contribution in [3.05, 3.63) is 41.5 Å². The Kier molecular flexibility index (Phi) is 7.90. The van der Waals surface area contributed by atoms with E-state index in [1.54, 1.807) is 5.57 Å². The molecule has 0 unspecified atom stereocenters. The van der Waals surface area contributed by atoms with Gasteiger partial charge in [0.15, 0.2) is 0 Å². The van der Waals surface area contributed by atoms with Crippen molar-refractivity contribution < 1.29 is 0 Å². The van der Waals surface area contributed by atoms with Crippen molar-refractivity contribution in [3.63, 3.8) is 0 Å². The summed E-state index contributed by atoms with van der Waals surface area (Å²) in [7, 11) is -1.05. The van der Waals surface area contributed by atoms with Crippen LogP contribution in [0.4, 0.5) is 0 Å². The fourth-order valence-electron chi connectivity index (χ4n) is 3.01. The van der Waals surface area contributed by atoms with Gasteiger partial charge in [-0.25, -0.2) is 0 Å². The third-order valence-corrected chi connectivity index (χ3v) is 10.6. The molecule has 112 valence electrons. The Morgan fingerprint density at radius 2 is 1.55 bits per heavy atom. The molecular weight excluding hydrogens is 256 g/mol. The van der Waals surface area contributed by atoms with Crippen LogP contribution in [-0.4, -0.2) is 8.07 Å². The molecule has 1 heteroatoms. The summed E-state index contributed by atoms with van der Waals surface area (Å²) in [6.45, 7) is 9.54. The summed E-state index contributed by atoms with van der Waals surface area (Å²) in [4.78, 5) is 0. The Bertz CT molecular complexity index is 379. The van der Waals surface area contributed by atoms with Gasteiger partial charge in [0.25, 0.3) is 0 Å². The molecule has 0 bridgehead atoms. The van der Waals surface area contributed by atoms with Crippen LogP contribution in [0.2, 0.25) is 24.2 Å². The summed E-state index contributed by atoms with van der Waals surface area (Å²) < 4.78 is 0. The quantitative estimate of drug-likeness (QED) is 0.440. The number of hydrogen-bond acceptors (Lipinski definition) is 0. The van der Waals surface area contributed by atoms with Crippen molar-refractivity contribution in [2.75, 3.05) is 0 Å². The average molecular weight is 289 g/mol. The Balaban J connectivity index is 2.91. The number of allylic oxidation sites excluding steroid dienone is 1. The van der Waals surface area contributed by atoms with E-state index in [2.05, 4.69) is 64.1 Å². The lowest BCUT2D eigenvalue weighted by Crippen LogP contribution is -2.31. The lowest BCUT2D eigenvalue weighted by molar-refractivity contribution is 0.786. The summed E-state index contributed by atoms with van der Waals surface area (Å²) in [5, 5.41) is 0. The van der Waals surface area contributed by atoms with Crippen LogP contribution in [0.25, 0.3) is 6.08 Å². The lowest BCUT2D eigenvalue weighted by Gasteiger charge is -2.29. The minimum atomic E-state index is -1.05. The van der Waals surface area contributed by atoms with Gasteiger partial charge in [0, 0.05) is 0 Å². The zero-order valence-corrected chi connectivity index (χ0v) is 14.9. The molecule has 0 aliphatic heterocycles. The first kappa shape index (κ1) is 17.2. The van der Waals surface area contributed by atoms with Crippen LogP contribution in [0.15, 0.2) is 35.9 Å². The van der Waals surface area contributed by atoms with Crippen LogP contribution in [0.1, 0.15) is 52.5 Å². The maximum Gasteiger partial charge on any atom is 0.0568 e. The van der Waals surface area contributed by atoms with E-state index < -0.39 is 8.07 Å². The molecule has 0 saturated carbocycles. The van der Waals surface area contributed by atoms with Crippen LogP contribution in [-0.2, 0) is 0 Å². The van der Waals surface area contributed by atoms with E-state index in [0.29, 0.717) is 0 Å². The number of benzene rings is 1. The van der Waals surface area contributed by atoms with Crippen LogP contribution in [0.5, 0.6) is 0 Å². The van der Waals surface area contributed by atoms with Gasteiger partial charge in [0.05, 0.1) is 8.07 Å². The van der Waals surface area contributed by atoms with Gasteiger partial charge in [-0.15, -0.1) is 0 Å². The second kappa shape index (κ2) is 9.18. The van der Waals surface area contributed by atoms with Crippen molar-refractivity contribution in [1.29, 1.82) is 0 Å². The molecule has 0 spiro atoms. The summed E-state index contributed by atoms with van der Waals surface area (Å²) in [6.07, 6.45) is 6.39. The first-order valence-electron chi connectivity index (χ1n) is 8.44. The topological polar surface area (TPSA) is 0 Å². The molecule has 0 fully saturated rings. The van der Waals surface area contributed by atoms with E-state index >= 15 is 0 Å². The smallest absolute Gasteiger partial charge is 0.0568 e. The third kappa shape index (κ3) is 5.28. The highest BCUT2D eigenvalue weighted by Crippen LogP contribution is 2.31. The molecule has 0 aliphatic carbocycles. The largest absolute Gasteiger partial charge is 0.0722 e. The predicted octanol–water partition coefficient (Wildman–Crippen LogP) is 6.77. The Morgan fingerprint density at radius 3 is 2.05 bits per heavy atom. The van der Waals surface area contributed by atoms with Gasteiger partial charge in [0.1, 0.15) is 0 Å². The van der Waals surface area contributed by atoms with Crippen molar-refractivity contribution in [2.45, 2.75) is 71.1 Å². The highest BCUT2D eigenvalue weighted by atomic mass is 28.3. The second-order valence-electron chi connectivity index (χ2n) is 6.05. The molecule has 0 saturated heterocycles.